The van der Waals surface area contributed by atoms with Crippen LogP contribution in [0.3, 0.4) is 0 Å². The summed E-state index contributed by atoms with van der Waals surface area (Å²) < 4.78 is 0. The molecule has 1 saturated carbocycles. The van der Waals surface area contributed by atoms with E-state index < -0.39 is 0 Å². The average molecular weight is 364 g/mol. The quantitative estimate of drug-likeness (QED) is 0.490. The van der Waals surface area contributed by atoms with E-state index in [9.17, 15) is 4.79 Å². The monoisotopic (exact) mass is 364 g/mol. The molecule has 0 heterocycles. The molecule has 0 atom stereocenters. The van der Waals surface area contributed by atoms with Gasteiger partial charge in [-0.25, -0.2) is 0 Å². The van der Waals surface area contributed by atoms with Crippen molar-refractivity contribution in [2.24, 2.45) is 11.7 Å². The Kier molecular flexibility index (Phi) is 5.79. The normalized spacial score (nSPS) is 13.4. The van der Waals surface area contributed by atoms with Crippen molar-refractivity contribution >= 4 is 23.1 Å². The van der Waals surface area contributed by atoms with Crippen molar-refractivity contribution in [2.75, 3.05) is 23.3 Å². The SMILES string of the molecule is CC(C)c1ccc(NC(=O)CN(CC2CC2)c2cccc(C(=N)N)c2)cc1. The third-order valence-electron chi connectivity index (χ3n) is 4.89. The maximum Gasteiger partial charge on any atom is 0.243 e. The Morgan fingerprint density at radius 1 is 1.22 bits per heavy atom. The molecule has 2 aromatic carbocycles. The van der Waals surface area contributed by atoms with Gasteiger partial charge in [0, 0.05) is 23.5 Å². The van der Waals surface area contributed by atoms with Crippen LogP contribution in [0.5, 0.6) is 0 Å². The first kappa shape index (κ1) is 19.0. The molecule has 0 bridgehead atoms. The van der Waals surface area contributed by atoms with Crippen LogP contribution in [0.2, 0.25) is 0 Å². The van der Waals surface area contributed by atoms with E-state index in [2.05, 4.69) is 36.2 Å². The number of benzene rings is 2. The number of hydrogen-bond acceptors (Lipinski definition) is 3. The van der Waals surface area contributed by atoms with Gasteiger partial charge in [0.2, 0.25) is 5.91 Å². The van der Waals surface area contributed by atoms with Gasteiger partial charge >= 0.3 is 0 Å². The number of hydrogen-bond donors (Lipinski definition) is 3. The predicted octanol–water partition coefficient (Wildman–Crippen LogP) is 3.95. The van der Waals surface area contributed by atoms with Crippen LogP contribution in [0.25, 0.3) is 0 Å². The molecule has 3 rings (SSSR count). The molecule has 4 N–H and O–H groups in total. The van der Waals surface area contributed by atoms with Gasteiger partial charge in [-0.3, -0.25) is 10.2 Å². The summed E-state index contributed by atoms with van der Waals surface area (Å²) in [5, 5.41) is 10.6. The van der Waals surface area contributed by atoms with E-state index in [-0.39, 0.29) is 18.3 Å². The van der Waals surface area contributed by atoms with Crippen molar-refractivity contribution in [2.45, 2.75) is 32.6 Å². The first-order chi connectivity index (χ1) is 12.9. The molecule has 0 saturated heterocycles. The number of carbonyl (C=O) groups is 1. The fraction of sp³-hybridized carbons (Fsp3) is 0.364. The molecule has 0 unspecified atom stereocenters. The molecule has 5 heteroatoms. The highest BCUT2D eigenvalue weighted by Crippen LogP contribution is 2.31. The Morgan fingerprint density at radius 3 is 2.52 bits per heavy atom. The maximum atomic E-state index is 12.6. The maximum absolute atomic E-state index is 12.6. The molecule has 2 aromatic rings. The molecule has 0 radical (unpaired) electrons. The number of amidine groups is 1. The van der Waals surface area contributed by atoms with Crippen molar-refractivity contribution < 1.29 is 4.79 Å². The minimum absolute atomic E-state index is 0.0397. The second kappa shape index (κ2) is 8.25. The van der Waals surface area contributed by atoms with E-state index in [0.717, 1.165) is 17.9 Å². The predicted molar refractivity (Wildman–Crippen MR) is 112 cm³/mol. The zero-order valence-electron chi connectivity index (χ0n) is 16.0. The van der Waals surface area contributed by atoms with Crippen molar-refractivity contribution in [3.63, 3.8) is 0 Å². The third-order valence-corrected chi connectivity index (χ3v) is 4.89. The molecular weight excluding hydrogens is 336 g/mol. The fourth-order valence-corrected chi connectivity index (χ4v) is 3.07. The summed E-state index contributed by atoms with van der Waals surface area (Å²) in [6.07, 6.45) is 2.42. The minimum Gasteiger partial charge on any atom is -0.384 e. The first-order valence-corrected chi connectivity index (χ1v) is 9.51. The number of rotatable bonds is 8. The summed E-state index contributed by atoms with van der Waals surface area (Å²) in [6.45, 7) is 5.43. The highest BCUT2D eigenvalue weighted by atomic mass is 16.2. The number of nitrogen functional groups attached to an aromatic ring is 1. The zero-order chi connectivity index (χ0) is 19.4. The van der Waals surface area contributed by atoms with Gasteiger partial charge in [0.15, 0.2) is 0 Å². The second-order valence-electron chi connectivity index (χ2n) is 7.61. The lowest BCUT2D eigenvalue weighted by atomic mass is 10.0. The topological polar surface area (TPSA) is 82.2 Å². The molecule has 0 aromatic heterocycles. The summed E-state index contributed by atoms with van der Waals surface area (Å²) in [7, 11) is 0. The van der Waals surface area contributed by atoms with E-state index >= 15 is 0 Å². The van der Waals surface area contributed by atoms with Gasteiger partial charge in [0.05, 0.1) is 6.54 Å². The van der Waals surface area contributed by atoms with E-state index in [1.807, 2.05) is 36.4 Å². The Labute approximate surface area is 161 Å². The summed E-state index contributed by atoms with van der Waals surface area (Å²) in [6, 6.07) is 15.6. The lowest BCUT2D eigenvalue weighted by Crippen LogP contribution is -2.35. The summed E-state index contributed by atoms with van der Waals surface area (Å²) in [5.41, 5.74) is 9.30. The van der Waals surface area contributed by atoms with Crippen molar-refractivity contribution in [3.8, 4) is 0 Å². The smallest absolute Gasteiger partial charge is 0.243 e. The van der Waals surface area contributed by atoms with Crippen molar-refractivity contribution in [3.05, 3.63) is 59.7 Å². The van der Waals surface area contributed by atoms with Crippen LogP contribution in [0.15, 0.2) is 48.5 Å². The van der Waals surface area contributed by atoms with E-state index in [1.54, 1.807) is 0 Å². The molecule has 27 heavy (non-hydrogen) atoms. The highest BCUT2D eigenvalue weighted by Gasteiger charge is 2.25. The van der Waals surface area contributed by atoms with Crippen molar-refractivity contribution in [1.82, 2.24) is 0 Å². The van der Waals surface area contributed by atoms with Crippen LogP contribution in [0.1, 0.15) is 43.7 Å². The third kappa shape index (κ3) is 5.33. The van der Waals surface area contributed by atoms with Gasteiger partial charge in [-0.1, -0.05) is 38.1 Å². The number of nitrogens with two attached hydrogens (primary N) is 1. The van der Waals surface area contributed by atoms with Crippen LogP contribution >= 0.6 is 0 Å². The second-order valence-corrected chi connectivity index (χ2v) is 7.61. The number of carbonyl (C=O) groups excluding carboxylic acids is 1. The zero-order valence-corrected chi connectivity index (χ0v) is 16.0. The molecule has 1 fully saturated rings. The van der Waals surface area contributed by atoms with Crippen LogP contribution in [-0.2, 0) is 4.79 Å². The van der Waals surface area contributed by atoms with Gasteiger partial charge < -0.3 is 16.0 Å². The van der Waals surface area contributed by atoms with Gasteiger partial charge in [0.1, 0.15) is 5.84 Å². The largest absolute Gasteiger partial charge is 0.384 e. The highest BCUT2D eigenvalue weighted by molar-refractivity contribution is 5.97. The van der Waals surface area contributed by atoms with Crippen LogP contribution < -0.4 is 16.0 Å². The first-order valence-electron chi connectivity index (χ1n) is 9.51. The summed E-state index contributed by atoms with van der Waals surface area (Å²) in [4.78, 5) is 14.7. The number of amides is 1. The average Bonchev–Trinajstić information content (AvgIpc) is 3.46. The Bertz CT molecular complexity index is 809. The Balaban J connectivity index is 1.69. The Morgan fingerprint density at radius 2 is 1.93 bits per heavy atom. The van der Waals surface area contributed by atoms with Crippen molar-refractivity contribution in [1.29, 1.82) is 5.41 Å². The molecule has 142 valence electrons. The van der Waals surface area contributed by atoms with Crippen LogP contribution in [-0.4, -0.2) is 24.8 Å². The summed E-state index contributed by atoms with van der Waals surface area (Å²) >= 11 is 0. The molecule has 0 aliphatic heterocycles. The summed E-state index contributed by atoms with van der Waals surface area (Å²) in [5.74, 6) is 1.11. The molecule has 0 spiro atoms. The lowest BCUT2D eigenvalue weighted by Gasteiger charge is -2.25. The molecule has 1 aliphatic carbocycles. The van der Waals surface area contributed by atoms with Crippen LogP contribution in [0, 0.1) is 11.3 Å². The lowest BCUT2D eigenvalue weighted by molar-refractivity contribution is -0.115. The Hall–Kier alpha value is -2.82. The molecule has 1 aliphatic rings. The fourth-order valence-electron chi connectivity index (χ4n) is 3.07. The van der Waals surface area contributed by atoms with Gasteiger partial charge in [-0.05, 0) is 54.5 Å². The number of nitrogens with zero attached hydrogens (tertiary/aromatic N) is 1. The van der Waals surface area contributed by atoms with Gasteiger partial charge in [-0.15, -0.1) is 0 Å². The van der Waals surface area contributed by atoms with E-state index in [1.165, 1.54) is 18.4 Å². The molecular formula is C22H28N4O. The molecule has 5 nitrogen and oxygen atoms in total. The van der Waals surface area contributed by atoms with Crippen LogP contribution in [0.4, 0.5) is 11.4 Å². The van der Waals surface area contributed by atoms with E-state index in [0.29, 0.717) is 17.4 Å². The number of anilines is 2. The van der Waals surface area contributed by atoms with Gasteiger partial charge in [0.25, 0.3) is 0 Å². The number of nitrogens with one attached hydrogen (secondary N) is 2. The molecule has 1 amide bonds. The standard InChI is InChI=1S/C22H28N4O/c1-15(2)17-8-10-19(11-9-17)25-21(27)14-26(13-16-6-7-16)20-5-3-4-18(12-20)22(23)24/h3-5,8-12,15-16H,6-7,13-14H2,1-2H3,(H3,23,24)(H,25,27). The minimum atomic E-state index is -0.0406. The van der Waals surface area contributed by atoms with Gasteiger partial charge in [-0.2, -0.15) is 0 Å². The van der Waals surface area contributed by atoms with E-state index in [4.69, 9.17) is 11.1 Å².